The van der Waals surface area contributed by atoms with Gasteiger partial charge in [0.05, 0.1) is 12.8 Å². The fraction of sp³-hybridized carbons (Fsp3) is 0.0625. The van der Waals surface area contributed by atoms with E-state index in [-0.39, 0.29) is 5.71 Å². The SMILES string of the molecule is COc1ccc(C2=NN(c3ccccc3)C(=O)C2=O)cc1. The largest absolute Gasteiger partial charge is 0.497 e. The second-order valence-electron chi connectivity index (χ2n) is 4.46. The molecule has 0 spiro atoms. The minimum atomic E-state index is -0.646. The number of ether oxygens (including phenoxy) is 1. The van der Waals surface area contributed by atoms with Crippen molar-refractivity contribution in [1.82, 2.24) is 0 Å². The fourth-order valence-electron chi connectivity index (χ4n) is 2.07. The summed E-state index contributed by atoms with van der Waals surface area (Å²) in [7, 11) is 1.56. The molecule has 104 valence electrons. The number of benzene rings is 2. The summed E-state index contributed by atoms with van der Waals surface area (Å²) < 4.78 is 5.07. The van der Waals surface area contributed by atoms with E-state index in [4.69, 9.17) is 4.74 Å². The lowest BCUT2D eigenvalue weighted by molar-refractivity contribution is -0.131. The Bertz CT molecular complexity index is 721. The number of nitrogens with zero attached hydrogens (tertiary/aromatic N) is 2. The fourth-order valence-corrected chi connectivity index (χ4v) is 2.07. The number of ketones is 1. The summed E-state index contributed by atoms with van der Waals surface area (Å²) in [5, 5.41) is 5.28. The molecule has 3 rings (SSSR count). The summed E-state index contributed by atoms with van der Waals surface area (Å²) in [6.45, 7) is 0. The van der Waals surface area contributed by atoms with Gasteiger partial charge in [0.15, 0.2) is 0 Å². The molecular weight excluding hydrogens is 268 g/mol. The van der Waals surface area contributed by atoms with Gasteiger partial charge in [-0.3, -0.25) is 9.59 Å². The minimum absolute atomic E-state index is 0.145. The van der Waals surface area contributed by atoms with Crippen LogP contribution in [0, 0.1) is 0 Å². The normalized spacial score (nSPS) is 14.3. The van der Waals surface area contributed by atoms with Gasteiger partial charge in [-0.15, -0.1) is 0 Å². The molecule has 1 amide bonds. The molecule has 0 saturated carbocycles. The first kappa shape index (κ1) is 13.1. The molecule has 2 aromatic rings. The number of hydrogen-bond donors (Lipinski definition) is 0. The first-order valence-electron chi connectivity index (χ1n) is 6.37. The zero-order chi connectivity index (χ0) is 14.8. The van der Waals surface area contributed by atoms with E-state index in [0.717, 1.165) is 5.01 Å². The summed E-state index contributed by atoms with van der Waals surface area (Å²) in [5.41, 5.74) is 1.30. The topological polar surface area (TPSA) is 59.0 Å². The lowest BCUT2D eigenvalue weighted by atomic mass is 10.1. The Hall–Kier alpha value is -2.95. The standard InChI is InChI=1S/C16H12N2O3/c1-21-13-9-7-11(8-10-13)14-15(19)16(20)18(17-14)12-5-3-2-4-6-12/h2-10H,1H3. The van der Waals surface area contributed by atoms with Crippen LogP contribution in [0.15, 0.2) is 59.7 Å². The van der Waals surface area contributed by atoms with E-state index >= 15 is 0 Å². The first-order valence-corrected chi connectivity index (χ1v) is 6.37. The molecule has 0 atom stereocenters. The van der Waals surface area contributed by atoms with Crippen molar-refractivity contribution < 1.29 is 14.3 Å². The molecule has 1 aliphatic rings. The minimum Gasteiger partial charge on any atom is -0.497 e. The number of hydrogen-bond acceptors (Lipinski definition) is 4. The molecule has 0 radical (unpaired) electrons. The molecule has 2 aromatic carbocycles. The zero-order valence-corrected chi connectivity index (χ0v) is 11.3. The second kappa shape index (κ2) is 5.20. The van der Waals surface area contributed by atoms with Crippen LogP contribution >= 0.6 is 0 Å². The van der Waals surface area contributed by atoms with Crippen molar-refractivity contribution in [3.63, 3.8) is 0 Å². The van der Waals surface area contributed by atoms with Gasteiger partial charge in [0.1, 0.15) is 11.5 Å². The molecular formula is C16H12N2O3. The Labute approximate surface area is 121 Å². The zero-order valence-electron chi connectivity index (χ0n) is 11.3. The maximum absolute atomic E-state index is 12.1. The number of para-hydroxylation sites is 1. The molecule has 21 heavy (non-hydrogen) atoms. The molecule has 0 saturated heterocycles. The Balaban J connectivity index is 1.98. The average Bonchev–Trinajstić information content (AvgIpc) is 2.84. The maximum Gasteiger partial charge on any atom is 0.321 e. The van der Waals surface area contributed by atoms with Gasteiger partial charge in [-0.05, 0) is 36.4 Å². The number of methoxy groups -OCH3 is 1. The van der Waals surface area contributed by atoms with E-state index in [1.54, 1.807) is 55.6 Å². The number of carbonyl (C=O) groups is 2. The van der Waals surface area contributed by atoms with Crippen molar-refractivity contribution >= 4 is 23.1 Å². The van der Waals surface area contributed by atoms with Crippen LogP contribution in [0.5, 0.6) is 5.75 Å². The van der Waals surface area contributed by atoms with Crippen molar-refractivity contribution in [1.29, 1.82) is 0 Å². The van der Waals surface area contributed by atoms with E-state index in [1.165, 1.54) is 0 Å². The molecule has 0 aliphatic carbocycles. The molecule has 1 heterocycles. The van der Waals surface area contributed by atoms with E-state index in [9.17, 15) is 9.59 Å². The van der Waals surface area contributed by atoms with Crippen molar-refractivity contribution in [3.8, 4) is 5.75 Å². The lowest BCUT2D eigenvalue weighted by Crippen LogP contribution is -2.27. The second-order valence-corrected chi connectivity index (χ2v) is 4.46. The summed E-state index contributed by atoms with van der Waals surface area (Å²) in [6.07, 6.45) is 0. The number of hydrazone groups is 1. The average molecular weight is 280 g/mol. The molecule has 0 aromatic heterocycles. The van der Waals surface area contributed by atoms with Gasteiger partial charge in [-0.2, -0.15) is 10.1 Å². The van der Waals surface area contributed by atoms with Crippen LogP contribution in [0.1, 0.15) is 5.56 Å². The maximum atomic E-state index is 12.1. The predicted molar refractivity (Wildman–Crippen MR) is 78.5 cm³/mol. The van der Waals surface area contributed by atoms with Crippen molar-refractivity contribution in [2.24, 2.45) is 5.10 Å². The lowest BCUT2D eigenvalue weighted by Gasteiger charge is -2.09. The van der Waals surface area contributed by atoms with E-state index in [1.807, 2.05) is 6.07 Å². The predicted octanol–water partition coefficient (Wildman–Crippen LogP) is 2.02. The number of rotatable bonds is 3. The van der Waals surface area contributed by atoms with Crippen molar-refractivity contribution in [3.05, 3.63) is 60.2 Å². The summed E-state index contributed by atoms with van der Waals surface area (Å²) in [5.74, 6) is -0.577. The van der Waals surface area contributed by atoms with Gasteiger partial charge in [0.2, 0.25) is 0 Å². The Morgan fingerprint density at radius 2 is 1.62 bits per heavy atom. The highest BCUT2D eigenvalue weighted by Crippen LogP contribution is 2.21. The van der Waals surface area contributed by atoms with Crippen molar-refractivity contribution in [2.75, 3.05) is 12.1 Å². The molecule has 1 aliphatic heterocycles. The first-order chi connectivity index (χ1) is 10.2. The molecule has 0 fully saturated rings. The van der Waals surface area contributed by atoms with Crippen molar-refractivity contribution in [2.45, 2.75) is 0 Å². The van der Waals surface area contributed by atoms with Gasteiger partial charge in [0.25, 0.3) is 5.78 Å². The van der Waals surface area contributed by atoms with Crippen LogP contribution in [-0.4, -0.2) is 24.5 Å². The molecule has 5 nitrogen and oxygen atoms in total. The van der Waals surface area contributed by atoms with Crippen LogP contribution in [-0.2, 0) is 9.59 Å². The highest BCUT2D eigenvalue weighted by atomic mass is 16.5. The summed E-state index contributed by atoms with van der Waals surface area (Å²) in [4.78, 5) is 24.1. The van der Waals surface area contributed by atoms with Gasteiger partial charge in [-0.25, -0.2) is 0 Å². The smallest absolute Gasteiger partial charge is 0.321 e. The monoisotopic (exact) mass is 280 g/mol. The van der Waals surface area contributed by atoms with Gasteiger partial charge in [0, 0.05) is 5.56 Å². The molecule has 0 unspecified atom stereocenters. The van der Waals surface area contributed by atoms with E-state index in [0.29, 0.717) is 17.0 Å². The third kappa shape index (κ3) is 2.29. The Morgan fingerprint density at radius 3 is 2.24 bits per heavy atom. The van der Waals surface area contributed by atoms with Crippen LogP contribution in [0.25, 0.3) is 0 Å². The Kier molecular flexibility index (Phi) is 3.23. The molecule has 0 bridgehead atoms. The summed E-state index contributed by atoms with van der Waals surface area (Å²) in [6, 6.07) is 15.7. The van der Waals surface area contributed by atoms with Gasteiger partial charge in [-0.1, -0.05) is 18.2 Å². The van der Waals surface area contributed by atoms with Crippen LogP contribution < -0.4 is 9.75 Å². The van der Waals surface area contributed by atoms with E-state index in [2.05, 4.69) is 5.10 Å². The highest BCUT2D eigenvalue weighted by molar-refractivity contribution is 6.72. The molecule has 0 N–H and O–H groups in total. The van der Waals surface area contributed by atoms with Gasteiger partial charge >= 0.3 is 5.91 Å². The van der Waals surface area contributed by atoms with Crippen LogP contribution in [0.4, 0.5) is 5.69 Å². The quantitative estimate of drug-likeness (QED) is 0.808. The third-order valence-electron chi connectivity index (χ3n) is 3.17. The van der Waals surface area contributed by atoms with Gasteiger partial charge < -0.3 is 4.74 Å². The number of anilines is 1. The Morgan fingerprint density at radius 1 is 0.952 bits per heavy atom. The molecule has 5 heteroatoms. The summed E-state index contributed by atoms with van der Waals surface area (Å²) >= 11 is 0. The number of carbonyl (C=O) groups excluding carboxylic acids is 2. The van der Waals surface area contributed by atoms with Crippen LogP contribution in [0.2, 0.25) is 0 Å². The number of Topliss-reactive ketones (excluding diaryl/α,β-unsaturated/α-hetero) is 1. The van der Waals surface area contributed by atoms with E-state index < -0.39 is 11.7 Å². The van der Waals surface area contributed by atoms with Crippen LogP contribution in [0.3, 0.4) is 0 Å². The highest BCUT2D eigenvalue weighted by Gasteiger charge is 2.35. The third-order valence-corrected chi connectivity index (χ3v) is 3.17. The number of amides is 1.